The number of nitrogens with two attached hydrogens (primary N) is 1. The van der Waals surface area contributed by atoms with Crippen LogP contribution in [0.25, 0.3) is 0 Å². The lowest BCUT2D eigenvalue weighted by Crippen LogP contribution is -2.01. The Hall–Kier alpha value is -1.24. The first kappa shape index (κ1) is 13.2. The van der Waals surface area contributed by atoms with Crippen molar-refractivity contribution in [1.29, 1.82) is 0 Å². The molecule has 2 rings (SSSR count). The summed E-state index contributed by atoms with van der Waals surface area (Å²) in [4.78, 5) is 4.27. The van der Waals surface area contributed by atoms with Crippen LogP contribution < -0.4 is 10.5 Å². The maximum Gasteiger partial charge on any atom is 0.208 e. The van der Waals surface area contributed by atoms with E-state index >= 15 is 0 Å². The van der Waals surface area contributed by atoms with Gasteiger partial charge in [-0.15, -0.1) is 5.10 Å². The highest BCUT2D eigenvalue weighted by molar-refractivity contribution is 7.99. The third-order valence-corrected chi connectivity index (χ3v) is 3.25. The second-order valence-electron chi connectivity index (χ2n) is 3.42. The summed E-state index contributed by atoms with van der Waals surface area (Å²) in [5.74, 6) is 2.09. The molecule has 0 spiro atoms. The van der Waals surface area contributed by atoms with Crippen molar-refractivity contribution in [1.82, 2.24) is 15.2 Å². The van der Waals surface area contributed by atoms with Gasteiger partial charge in [0.15, 0.2) is 5.82 Å². The molecular formula is C11H13ClN4OS. The van der Waals surface area contributed by atoms with Crippen molar-refractivity contribution in [2.24, 2.45) is 5.73 Å². The van der Waals surface area contributed by atoms with Gasteiger partial charge in [0.1, 0.15) is 12.4 Å². The second-order valence-corrected chi connectivity index (χ2v) is 4.89. The number of hydrogen-bond acceptors (Lipinski definition) is 5. The van der Waals surface area contributed by atoms with Gasteiger partial charge in [0.25, 0.3) is 0 Å². The van der Waals surface area contributed by atoms with Gasteiger partial charge in [0, 0.05) is 12.3 Å². The predicted molar refractivity (Wildman–Crippen MR) is 71.9 cm³/mol. The Morgan fingerprint density at radius 3 is 3.00 bits per heavy atom. The van der Waals surface area contributed by atoms with Crippen LogP contribution in [0.15, 0.2) is 29.4 Å². The van der Waals surface area contributed by atoms with Crippen LogP contribution in [0.4, 0.5) is 0 Å². The monoisotopic (exact) mass is 284 g/mol. The van der Waals surface area contributed by atoms with Crippen LogP contribution >= 0.6 is 23.4 Å². The van der Waals surface area contributed by atoms with Crippen LogP contribution in [0.3, 0.4) is 0 Å². The number of para-hydroxylation sites is 1. The molecule has 96 valence electrons. The molecule has 1 heterocycles. The molecule has 3 N–H and O–H groups in total. The molecule has 5 nitrogen and oxygen atoms in total. The zero-order valence-corrected chi connectivity index (χ0v) is 11.2. The highest BCUT2D eigenvalue weighted by Crippen LogP contribution is 2.23. The highest BCUT2D eigenvalue weighted by Gasteiger charge is 2.05. The Morgan fingerprint density at radius 1 is 1.39 bits per heavy atom. The van der Waals surface area contributed by atoms with Gasteiger partial charge in [-0.25, -0.2) is 4.98 Å². The van der Waals surface area contributed by atoms with Crippen molar-refractivity contribution in [3.63, 3.8) is 0 Å². The van der Waals surface area contributed by atoms with E-state index in [-0.39, 0.29) is 0 Å². The number of halogens is 1. The van der Waals surface area contributed by atoms with Crippen molar-refractivity contribution < 1.29 is 4.74 Å². The number of ether oxygens (including phenoxy) is 1. The summed E-state index contributed by atoms with van der Waals surface area (Å²) >= 11 is 7.48. The topological polar surface area (TPSA) is 76.8 Å². The number of benzene rings is 1. The summed E-state index contributed by atoms with van der Waals surface area (Å²) in [6.45, 7) is 0.907. The molecule has 0 saturated heterocycles. The minimum absolute atomic E-state index is 0.305. The molecule has 0 unspecified atom stereocenters. The molecule has 7 heteroatoms. The molecule has 0 bridgehead atoms. The fourth-order valence-electron chi connectivity index (χ4n) is 1.27. The molecule has 1 aromatic carbocycles. The zero-order chi connectivity index (χ0) is 12.8. The van der Waals surface area contributed by atoms with Crippen molar-refractivity contribution in [3.05, 3.63) is 35.1 Å². The van der Waals surface area contributed by atoms with Crippen molar-refractivity contribution in [2.75, 3.05) is 12.3 Å². The van der Waals surface area contributed by atoms with E-state index in [0.717, 1.165) is 5.75 Å². The maximum absolute atomic E-state index is 5.97. The average molecular weight is 285 g/mol. The van der Waals surface area contributed by atoms with Crippen molar-refractivity contribution >= 4 is 23.4 Å². The van der Waals surface area contributed by atoms with Gasteiger partial charge >= 0.3 is 0 Å². The van der Waals surface area contributed by atoms with Gasteiger partial charge in [0.05, 0.1) is 5.02 Å². The molecule has 2 aromatic rings. The number of aromatic amines is 1. The summed E-state index contributed by atoms with van der Waals surface area (Å²) in [6, 6.07) is 7.30. The molecule has 18 heavy (non-hydrogen) atoms. The summed E-state index contributed by atoms with van der Waals surface area (Å²) in [5.41, 5.74) is 5.41. The largest absolute Gasteiger partial charge is 0.484 e. The Bertz CT molecular complexity index is 505. The summed E-state index contributed by atoms with van der Waals surface area (Å²) in [5, 5.41) is 8.12. The van der Waals surface area contributed by atoms with Crippen LogP contribution in [0, 0.1) is 0 Å². The van der Waals surface area contributed by atoms with E-state index in [0.29, 0.717) is 34.9 Å². The third-order valence-electron chi connectivity index (χ3n) is 2.06. The van der Waals surface area contributed by atoms with E-state index < -0.39 is 0 Å². The number of H-pyrrole nitrogens is 1. The van der Waals surface area contributed by atoms with E-state index in [1.807, 2.05) is 18.2 Å². The standard InChI is InChI=1S/C11H13ClN4OS/c12-8-3-1-2-4-9(8)17-7-10-14-11(16-15-10)18-6-5-13/h1-4H,5-7,13H2,(H,14,15,16). The van der Waals surface area contributed by atoms with E-state index in [2.05, 4.69) is 15.2 Å². The van der Waals surface area contributed by atoms with E-state index in [9.17, 15) is 0 Å². The second kappa shape index (κ2) is 6.63. The van der Waals surface area contributed by atoms with Gasteiger partial charge < -0.3 is 10.5 Å². The van der Waals surface area contributed by atoms with Crippen LogP contribution in [0.1, 0.15) is 5.82 Å². The number of nitrogens with one attached hydrogen (secondary N) is 1. The Labute approximate surface area is 114 Å². The highest BCUT2D eigenvalue weighted by atomic mass is 35.5. The fraction of sp³-hybridized carbons (Fsp3) is 0.273. The van der Waals surface area contributed by atoms with Gasteiger partial charge in [-0.3, -0.25) is 5.10 Å². The van der Waals surface area contributed by atoms with Gasteiger partial charge in [-0.2, -0.15) is 0 Å². The molecule has 0 aliphatic heterocycles. The zero-order valence-electron chi connectivity index (χ0n) is 9.60. The molecule has 1 aromatic heterocycles. The van der Waals surface area contributed by atoms with Crippen molar-refractivity contribution in [2.45, 2.75) is 11.8 Å². The minimum Gasteiger partial charge on any atom is -0.484 e. The Morgan fingerprint density at radius 2 is 2.22 bits per heavy atom. The number of nitrogens with zero attached hydrogens (tertiary/aromatic N) is 2. The smallest absolute Gasteiger partial charge is 0.208 e. The number of aromatic nitrogens is 3. The van der Waals surface area contributed by atoms with Crippen LogP contribution in [0.2, 0.25) is 5.02 Å². The molecule has 0 fully saturated rings. The van der Waals surface area contributed by atoms with Gasteiger partial charge in [0.2, 0.25) is 5.16 Å². The van der Waals surface area contributed by atoms with Crippen LogP contribution in [-0.4, -0.2) is 27.5 Å². The lowest BCUT2D eigenvalue weighted by molar-refractivity contribution is 0.296. The molecule has 0 atom stereocenters. The summed E-state index contributed by atoms with van der Waals surface area (Å²) in [7, 11) is 0. The predicted octanol–water partition coefficient (Wildman–Crippen LogP) is 2.09. The Kier molecular flexibility index (Phi) is 4.86. The number of thioether (sulfide) groups is 1. The molecule has 0 saturated carbocycles. The Balaban J connectivity index is 1.90. The first-order valence-corrected chi connectivity index (χ1v) is 6.77. The summed E-state index contributed by atoms with van der Waals surface area (Å²) < 4.78 is 5.54. The van der Waals surface area contributed by atoms with Gasteiger partial charge in [-0.05, 0) is 12.1 Å². The summed E-state index contributed by atoms with van der Waals surface area (Å²) in [6.07, 6.45) is 0. The SMILES string of the molecule is NCCSc1n[nH]c(COc2ccccc2Cl)n1. The van der Waals surface area contributed by atoms with E-state index in [4.69, 9.17) is 22.1 Å². The molecular weight excluding hydrogens is 272 g/mol. The van der Waals surface area contributed by atoms with E-state index in [1.54, 1.807) is 6.07 Å². The lowest BCUT2D eigenvalue weighted by atomic mass is 10.3. The molecule has 0 aliphatic carbocycles. The first-order chi connectivity index (χ1) is 8.79. The maximum atomic E-state index is 5.97. The molecule has 0 amide bonds. The number of hydrogen-bond donors (Lipinski definition) is 2. The fourth-order valence-corrected chi connectivity index (χ4v) is 2.04. The van der Waals surface area contributed by atoms with Gasteiger partial charge in [-0.1, -0.05) is 35.5 Å². The van der Waals surface area contributed by atoms with Crippen LogP contribution in [0.5, 0.6) is 5.75 Å². The lowest BCUT2D eigenvalue weighted by Gasteiger charge is -2.04. The molecule has 0 radical (unpaired) electrons. The minimum atomic E-state index is 0.305. The average Bonchev–Trinajstić information content (AvgIpc) is 2.83. The van der Waals surface area contributed by atoms with Crippen molar-refractivity contribution in [3.8, 4) is 5.75 Å². The quantitative estimate of drug-likeness (QED) is 0.794. The third kappa shape index (κ3) is 3.63. The normalized spacial score (nSPS) is 10.6. The number of rotatable bonds is 6. The van der Waals surface area contributed by atoms with Crippen LogP contribution in [-0.2, 0) is 6.61 Å². The molecule has 0 aliphatic rings. The van der Waals surface area contributed by atoms with E-state index in [1.165, 1.54) is 11.8 Å². The first-order valence-electron chi connectivity index (χ1n) is 5.41.